The second kappa shape index (κ2) is 7.06. The van der Waals surface area contributed by atoms with Gasteiger partial charge < -0.3 is 4.98 Å². The maximum absolute atomic E-state index is 12.7. The number of aryl methyl sites for hydroxylation is 2. The van der Waals surface area contributed by atoms with Crippen LogP contribution in [-0.2, 0) is 16.4 Å². The van der Waals surface area contributed by atoms with Crippen LogP contribution in [0.2, 0.25) is 5.02 Å². The monoisotopic (exact) mass is 390 g/mol. The molecule has 6 heteroatoms. The molecule has 0 bridgehead atoms. The highest BCUT2D eigenvalue weighted by Crippen LogP contribution is 2.28. The topological polar surface area (TPSA) is 62.0 Å². The van der Waals surface area contributed by atoms with Gasteiger partial charge in [-0.05, 0) is 68.5 Å². The summed E-state index contributed by atoms with van der Waals surface area (Å²) < 4.78 is 28.1. The third-order valence-electron chi connectivity index (χ3n) is 5.07. The first-order valence-corrected chi connectivity index (χ1v) is 10.4. The van der Waals surface area contributed by atoms with Crippen molar-refractivity contribution in [1.82, 2.24) is 9.71 Å². The summed E-state index contributed by atoms with van der Waals surface area (Å²) in [5, 5.41) is 1.71. The molecule has 0 radical (unpaired) electrons. The van der Waals surface area contributed by atoms with Crippen LogP contribution >= 0.6 is 11.6 Å². The number of halogens is 1. The fourth-order valence-electron chi connectivity index (χ4n) is 3.30. The lowest BCUT2D eigenvalue weighted by Crippen LogP contribution is -2.27. The summed E-state index contributed by atoms with van der Waals surface area (Å²) in [6, 6.07) is 9.28. The standard InChI is InChI=1S/C20H23ClN2O2S/c1-12-8-9-19(14(3)13(12)2)26(24,25)22-11-10-16-15(4)23-20-17(16)6-5-7-18(20)21/h5-9,22-23H,10-11H2,1-4H3. The van der Waals surface area contributed by atoms with Crippen LogP contribution in [-0.4, -0.2) is 19.9 Å². The highest BCUT2D eigenvalue weighted by Gasteiger charge is 2.19. The van der Waals surface area contributed by atoms with Gasteiger partial charge in [-0.1, -0.05) is 29.8 Å². The average Bonchev–Trinajstić information content (AvgIpc) is 2.90. The van der Waals surface area contributed by atoms with Crippen LogP contribution in [0.15, 0.2) is 35.2 Å². The number of nitrogens with one attached hydrogen (secondary N) is 2. The number of hydrogen-bond acceptors (Lipinski definition) is 2. The molecule has 3 aromatic rings. The molecule has 0 unspecified atom stereocenters. The van der Waals surface area contributed by atoms with Crippen molar-refractivity contribution in [1.29, 1.82) is 0 Å². The van der Waals surface area contributed by atoms with Gasteiger partial charge in [0.05, 0.1) is 15.4 Å². The second-order valence-electron chi connectivity index (χ2n) is 6.67. The molecule has 0 aliphatic carbocycles. The molecule has 138 valence electrons. The smallest absolute Gasteiger partial charge is 0.240 e. The Hall–Kier alpha value is -1.82. The maximum atomic E-state index is 12.7. The van der Waals surface area contributed by atoms with Gasteiger partial charge in [0.25, 0.3) is 0 Å². The van der Waals surface area contributed by atoms with Crippen molar-refractivity contribution in [3.05, 3.63) is 63.3 Å². The van der Waals surface area contributed by atoms with Crippen LogP contribution in [0.25, 0.3) is 10.9 Å². The van der Waals surface area contributed by atoms with Gasteiger partial charge in [-0.3, -0.25) is 0 Å². The molecule has 2 N–H and O–H groups in total. The molecule has 0 amide bonds. The Kier molecular flexibility index (Phi) is 5.15. The Bertz CT molecular complexity index is 1080. The zero-order chi connectivity index (χ0) is 19.1. The fourth-order valence-corrected chi connectivity index (χ4v) is 4.85. The minimum atomic E-state index is -3.54. The Morgan fingerprint density at radius 3 is 2.50 bits per heavy atom. The minimum Gasteiger partial charge on any atom is -0.357 e. The first-order chi connectivity index (χ1) is 12.2. The molecule has 1 aromatic heterocycles. The number of aromatic nitrogens is 1. The van der Waals surface area contributed by atoms with Crippen LogP contribution in [0.4, 0.5) is 0 Å². The normalized spacial score (nSPS) is 12.0. The molecule has 26 heavy (non-hydrogen) atoms. The number of H-pyrrole nitrogens is 1. The van der Waals surface area contributed by atoms with Crippen molar-refractivity contribution in [2.24, 2.45) is 0 Å². The molecule has 3 rings (SSSR count). The molecule has 0 fully saturated rings. The number of fused-ring (bicyclic) bond motifs is 1. The zero-order valence-electron chi connectivity index (χ0n) is 15.4. The summed E-state index contributed by atoms with van der Waals surface area (Å²) in [4.78, 5) is 3.63. The van der Waals surface area contributed by atoms with Crippen molar-refractivity contribution in [3.63, 3.8) is 0 Å². The molecule has 0 aliphatic heterocycles. The minimum absolute atomic E-state index is 0.328. The van der Waals surface area contributed by atoms with E-state index in [1.807, 2.05) is 52.0 Å². The SMILES string of the molecule is Cc1ccc(S(=O)(=O)NCCc2c(C)[nH]c3c(Cl)cccc23)c(C)c1C. The third-order valence-corrected chi connectivity index (χ3v) is 6.99. The van der Waals surface area contributed by atoms with E-state index in [2.05, 4.69) is 9.71 Å². The van der Waals surface area contributed by atoms with E-state index in [9.17, 15) is 8.42 Å². The summed E-state index contributed by atoms with van der Waals surface area (Å²) in [6.07, 6.45) is 0.593. The van der Waals surface area contributed by atoms with Crippen LogP contribution < -0.4 is 4.72 Å². The Morgan fingerprint density at radius 2 is 1.77 bits per heavy atom. The van der Waals surface area contributed by atoms with E-state index in [4.69, 9.17) is 11.6 Å². The van der Waals surface area contributed by atoms with Gasteiger partial charge in [-0.15, -0.1) is 0 Å². The predicted octanol–water partition coefficient (Wildman–Crippen LogP) is 4.58. The van der Waals surface area contributed by atoms with Gasteiger partial charge in [-0.25, -0.2) is 13.1 Å². The second-order valence-corrected chi connectivity index (χ2v) is 8.81. The van der Waals surface area contributed by atoms with Crippen molar-refractivity contribution < 1.29 is 8.42 Å². The van der Waals surface area contributed by atoms with E-state index >= 15 is 0 Å². The Balaban J connectivity index is 1.81. The highest BCUT2D eigenvalue weighted by molar-refractivity contribution is 7.89. The van der Waals surface area contributed by atoms with E-state index in [1.54, 1.807) is 6.07 Å². The Labute approximate surface area is 159 Å². The number of benzene rings is 2. The molecule has 4 nitrogen and oxygen atoms in total. The molecule has 2 aromatic carbocycles. The van der Waals surface area contributed by atoms with Crippen LogP contribution in [0.1, 0.15) is 27.9 Å². The maximum Gasteiger partial charge on any atom is 0.240 e. The summed E-state index contributed by atoms with van der Waals surface area (Å²) in [7, 11) is -3.54. The molecule has 1 heterocycles. The molecular formula is C20H23ClN2O2S. The first kappa shape index (κ1) is 19.0. The van der Waals surface area contributed by atoms with Crippen molar-refractivity contribution in [2.45, 2.75) is 39.0 Å². The number of aromatic amines is 1. The summed E-state index contributed by atoms with van der Waals surface area (Å²) in [5.41, 5.74) is 5.89. The fraction of sp³-hybridized carbons (Fsp3) is 0.300. The summed E-state index contributed by atoms with van der Waals surface area (Å²) >= 11 is 6.23. The van der Waals surface area contributed by atoms with Gasteiger partial charge in [0, 0.05) is 17.6 Å². The van der Waals surface area contributed by atoms with Gasteiger partial charge in [0.1, 0.15) is 0 Å². The lowest BCUT2D eigenvalue weighted by molar-refractivity contribution is 0.581. The quantitative estimate of drug-likeness (QED) is 0.670. The molecule has 0 atom stereocenters. The largest absolute Gasteiger partial charge is 0.357 e. The van der Waals surface area contributed by atoms with Crippen molar-refractivity contribution in [3.8, 4) is 0 Å². The van der Waals surface area contributed by atoms with Crippen molar-refractivity contribution >= 4 is 32.5 Å². The number of rotatable bonds is 5. The number of hydrogen-bond donors (Lipinski definition) is 2. The molecule has 0 saturated carbocycles. The van der Waals surface area contributed by atoms with Gasteiger partial charge in [0.2, 0.25) is 10.0 Å². The third kappa shape index (κ3) is 3.39. The molecular weight excluding hydrogens is 368 g/mol. The molecule has 0 spiro atoms. The molecule has 0 saturated heterocycles. The van der Waals surface area contributed by atoms with Gasteiger partial charge in [0.15, 0.2) is 0 Å². The average molecular weight is 391 g/mol. The predicted molar refractivity (Wildman–Crippen MR) is 108 cm³/mol. The van der Waals surface area contributed by atoms with E-state index in [0.717, 1.165) is 38.9 Å². The van der Waals surface area contributed by atoms with E-state index < -0.39 is 10.0 Å². The number of para-hydroxylation sites is 1. The number of sulfonamides is 1. The Morgan fingerprint density at radius 1 is 1.04 bits per heavy atom. The van der Waals surface area contributed by atoms with Crippen molar-refractivity contribution in [2.75, 3.05) is 6.54 Å². The highest BCUT2D eigenvalue weighted by atomic mass is 35.5. The van der Waals surface area contributed by atoms with Gasteiger partial charge >= 0.3 is 0 Å². The van der Waals surface area contributed by atoms with Crippen LogP contribution in [0, 0.1) is 27.7 Å². The van der Waals surface area contributed by atoms with Crippen LogP contribution in [0.3, 0.4) is 0 Å². The van der Waals surface area contributed by atoms with Gasteiger partial charge in [-0.2, -0.15) is 0 Å². The lowest BCUT2D eigenvalue weighted by Gasteiger charge is -2.13. The van der Waals surface area contributed by atoms with E-state index in [0.29, 0.717) is 22.9 Å². The van der Waals surface area contributed by atoms with E-state index in [-0.39, 0.29) is 0 Å². The zero-order valence-corrected chi connectivity index (χ0v) is 17.0. The van der Waals surface area contributed by atoms with Crippen LogP contribution in [0.5, 0.6) is 0 Å². The summed E-state index contributed by atoms with van der Waals surface area (Å²) in [6.45, 7) is 8.09. The lowest BCUT2D eigenvalue weighted by atomic mass is 10.1. The molecule has 0 aliphatic rings. The first-order valence-electron chi connectivity index (χ1n) is 8.54. The summed E-state index contributed by atoms with van der Waals surface area (Å²) in [5.74, 6) is 0. The van der Waals surface area contributed by atoms with E-state index in [1.165, 1.54) is 0 Å².